The molecule has 0 heterocycles. The van der Waals surface area contributed by atoms with Crippen LogP contribution in [0.2, 0.25) is 0 Å². The number of carboxylic acid groups (broad SMARTS) is 1. The van der Waals surface area contributed by atoms with Crippen LogP contribution in [0.1, 0.15) is 18.9 Å². The maximum atomic E-state index is 11.4. The highest BCUT2D eigenvalue weighted by molar-refractivity contribution is 5.78. The number of rotatable bonds is 6. The molecule has 0 aliphatic carbocycles. The van der Waals surface area contributed by atoms with Gasteiger partial charge in [0.25, 0.3) is 5.91 Å². The molecule has 0 aliphatic heterocycles. The van der Waals surface area contributed by atoms with Crippen molar-refractivity contribution in [3.63, 3.8) is 0 Å². The van der Waals surface area contributed by atoms with Crippen molar-refractivity contribution in [1.82, 2.24) is 5.32 Å². The fourth-order valence-electron chi connectivity index (χ4n) is 1.40. The molecule has 0 radical (unpaired) electrons. The minimum atomic E-state index is -0.971. The van der Waals surface area contributed by atoms with Gasteiger partial charge in [-0.25, -0.2) is 0 Å². The first kappa shape index (κ1) is 14.5. The lowest BCUT2D eigenvalue weighted by atomic mass is 10.2. The monoisotopic (exact) mass is 262 g/mol. The van der Waals surface area contributed by atoms with Crippen LogP contribution in [0.25, 0.3) is 0 Å². The summed E-state index contributed by atoms with van der Waals surface area (Å²) in [6, 6.07) is 7.87. The zero-order chi connectivity index (χ0) is 14.3. The van der Waals surface area contributed by atoms with Crippen molar-refractivity contribution < 1.29 is 19.4 Å². The third kappa shape index (κ3) is 5.55. The zero-order valence-corrected chi connectivity index (χ0v) is 10.4. The standard InChI is InChI=1S/C13H14N2O4/c1-9(6-13(17)18)15-12(16)8-19-11-4-2-10(7-14)3-5-11/h2-5,9H,6,8H2,1H3,(H,15,16)(H,17,18). The summed E-state index contributed by atoms with van der Waals surface area (Å²) < 4.78 is 5.20. The summed E-state index contributed by atoms with van der Waals surface area (Å²) >= 11 is 0. The number of benzene rings is 1. The van der Waals surface area contributed by atoms with Gasteiger partial charge in [-0.05, 0) is 31.2 Å². The van der Waals surface area contributed by atoms with E-state index in [0.717, 1.165) is 0 Å². The second-order valence-electron chi connectivity index (χ2n) is 3.99. The summed E-state index contributed by atoms with van der Waals surface area (Å²) in [5.74, 6) is -0.890. The van der Waals surface area contributed by atoms with Gasteiger partial charge in [0.2, 0.25) is 0 Å². The van der Waals surface area contributed by atoms with Crippen LogP contribution >= 0.6 is 0 Å². The van der Waals surface area contributed by atoms with E-state index in [-0.39, 0.29) is 13.0 Å². The molecule has 1 atom stereocenters. The number of nitrogens with one attached hydrogen (secondary N) is 1. The van der Waals surface area contributed by atoms with Gasteiger partial charge in [0, 0.05) is 6.04 Å². The molecule has 6 heteroatoms. The number of nitriles is 1. The number of amides is 1. The van der Waals surface area contributed by atoms with Crippen molar-refractivity contribution in [2.75, 3.05) is 6.61 Å². The zero-order valence-electron chi connectivity index (χ0n) is 10.4. The Kier molecular flexibility index (Phi) is 5.35. The van der Waals surface area contributed by atoms with Gasteiger partial charge in [-0.2, -0.15) is 5.26 Å². The number of carboxylic acids is 1. The summed E-state index contributed by atoms with van der Waals surface area (Å²) in [6.45, 7) is 1.41. The van der Waals surface area contributed by atoms with E-state index in [1.807, 2.05) is 6.07 Å². The Balaban J connectivity index is 2.37. The van der Waals surface area contributed by atoms with E-state index < -0.39 is 17.9 Å². The number of hydrogen-bond donors (Lipinski definition) is 2. The number of carbonyl (C=O) groups excluding carboxylic acids is 1. The van der Waals surface area contributed by atoms with Gasteiger partial charge in [0.1, 0.15) is 5.75 Å². The van der Waals surface area contributed by atoms with Gasteiger partial charge in [-0.15, -0.1) is 0 Å². The van der Waals surface area contributed by atoms with Crippen LogP contribution in [0, 0.1) is 11.3 Å². The number of carbonyl (C=O) groups is 2. The van der Waals surface area contributed by atoms with Gasteiger partial charge in [0.15, 0.2) is 6.61 Å². The summed E-state index contributed by atoms with van der Waals surface area (Å²) in [5, 5.41) is 19.7. The van der Waals surface area contributed by atoms with E-state index in [1.54, 1.807) is 31.2 Å². The number of aliphatic carboxylic acids is 1. The van der Waals surface area contributed by atoms with Gasteiger partial charge >= 0.3 is 5.97 Å². The van der Waals surface area contributed by atoms with Crippen LogP contribution in [0.3, 0.4) is 0 Å². The Labute approximate surface area is 110 Å². The fourth-order valence-corrected chi connectivity index (χ4v) is 1.40. The molecular weight excluding hydrogens is 248 g/mol. The SMILES string of the molecule is CC(CC(=O)O)NC(=O)COc1ccc(C#N)cc1. The van der Waals surface area contributed by atoms with E-state index in [2.05, 4.69) is 5.32 Å². The quantitative estimate of drug-likeness (QED) is 0.794. The lowest BCUT2D eigenvalue weighted by Crippen LogP contribution is -2.37. The van der Waals surface area contributed by atoms with Crippen LogP contribution in [0.4, 0.5) is 0 Å². The average Bonchev–Trinajstić information content (AvgIpc) is 2.36. The van der Waals surface area contributed by atoms with Gasteiger partial charge in [-0.3, -0.25) is 9.59 Å². The van der Waals surface area contributed by atoms with Crippen molar-refractivity contribution in [3.8, 4) is 11.8 Å². The molecule has 6 nitrogen and oxygen atoms in total. The van der Waals surface area contributed by atoms with Gasteiger partial charge < -0.3 is 15.2 Å². The van der Waals surface area contributed by atoms with Crippen molar-refractivity contribution in [3.05, 3.63) is 29.8 Å². The molecule has 2 N–H and O–H groups in total. The van der Waals surface area contributed by atoms with Crippen molar-refractivity contribution in [1.29, 1.82) is 5.26 Å². The smallest absolute Gasteiger partial charge is 0.305 e. The third-order valence-corrected chi connectivity index (χ3v) is 2.24. The van der Waals surface area contributed by atoms with Crippen LogP contribution < -0.4 is 10.1 Å². The Hall–Kier alpha value is -2.55. The molecule has 0 bridgehead atoms. The van der Waals surface area contributed by atoms with Crippen LogP contribution in [0.5, 0.6) is 5.75 Å². The molecule has 0 saturated carbocycles. The average molecular weight is 262 g/mol. The van der Waals surface area contributed by atoms with Crippen LogP contribution in [0.15, 0.2) is 24.3 Å². The molecule has 0 fully saturated rings. The lowest BCUT2D eigenvalue weighted by Gasteiger charge is -2.12. The molecule has 100 valence electrons. The van der Waals surface area contributed by atoms with Crippen LogP contribution in [-0.4, -0.2) is 29.6 Å². The fraction of sp³-hybridized carbons (Fsp3) is 0.308. The molecule has 1 rings (SSSR count). The van der Waals surface area contributed by atoms with Crippen molar-refractivity contribution in [2.24, 2.45) is 0 Å². The Morgan fingerprint density at radius 3 is 2.58 bits per heavy atom. The predicted molar refractivity (Wildman–Crippen MR) is 66.5 cm³/mol. The highest BCUT2D eigenvalue weighted by atomic mass is 16.5. The van der Waals surface area contributed by atoms with E-state index in [1.165, 1.54) is 0 Å². The first-order valence-electron chi connectivity index (χ1n) is 5.65. The summed E-state index contributed by atoms with van der Waals surface area (Å²) in [4.78, 5) is 21.9. The molecule has 19 heavy (non-hydrogen) atoms. The Morgan fingerprint density at radius 2 is 2.05 bits per heavy atom. The largest absolute Gasteiger partial charge is 0.484 e. The van der Waals surface area contributed by atoms with E-state index in [4.69, 9.17) is 15.1 Å². The molecule has 1 amide bonds. The van der Waals surface area contributed by atoms with Gasteiger partial charge in [0.05, 0.1) is 18.1 Å². The summed E-state index contributed by atoms with van der Waals surface area (Å²) in [6.07, 6.45) is -0.136. The van der Waals surface area contributed by atoms with Crippen molar-refractivity contribution >= 4 is 11.9 Å². The summed E-state index contributed by atoms with van der Waals surface area (Å²) in [7, 11) is 0. The predicted octanol–water partition coefficient (Wildman–Crippen LogP) is 0.916. The second-order valence-corrected chi connectivity index (χ2v) is 3.99. The van der Waals surface area contributed by atoms with E-state index in [9.17, 15) is 9.59 Å². The van der Waals surface area contributed by atoms with Crippen LogP contribution in [-0.2, 0) is 9.59 Å². The Morgan fingerprint density at radius 1 is 1.42 bits per heavy atom. The minimum Gasteiger partial charge on any atom is -0.484 e. The second kappa shape index (κ2) is 7.01. The van der Waals surface area contributed by atoms with E-state index in [0.29, 0.717) is 11.3 Å². The first-order valence-corrected chi connectivity index (χ1v) is 5.65. The molecule has 1 aromatic rings. The van der Waals surface area contributed by atoms with Gasteiger partial charge in [-0.1, -0.05) is 0 Å². The van der Waals surface area contributed by atoms with Crippen molar-refractivity contribution in [2.45, 2.75) is 19.4 Å². The molecular formula is C13H14N2O4. The maximum Gasteiger partial charge on any atom is 0.305 e. The lowest BCUT2D eigenvalue weighted by molar-refractivity contribution is -0.137. The molecule has 0 aliphatic rings. The molecule has 0 spiro atoms. The summed E-state index contributed by atoms with van der Waals surface area (Å²) in [5.41, 5.74) is 0.506. The molecule has 1 aromatic carbocycles. The number of ether oxygens (including phenoxy) is 1. The minimum absolute atomic E-state index is 0.136. The highest BCUT2D eigenvalue weighted by Gasteiger charge is 2.11. The van der Waals surface area contributed by atoms with E-state index >= 15 is 0 Å². The normalized spacial score (nSPS) is 11.2. The third-order valence-electron chi connectivity index (χ3n) is 2.24. The molecule has 0 aromatic heterocycles. The Bertz CT molecular complexity index is 490. The first-order chi connectivity index (χ1) is 9.01. The number of hydrogen-bond acceptors (Lipinski definition) is 4. The maximum absolute atomic E-state index is 11.4. The molecule has 1 unspecified atom stereocenters. The number of nitrogens with zero attached hydrogens (tertiary/aromatic N) is 1. The topological polar surface area (TPSA) is 99.4 Å². The molecule has 0 saturated heterocycles. The highest BCUT2D eigenvalue weighted by Crippen LogP contribution is 2.11.